The van der Waals surface area contributed by atoms with Crippen molar-refractivity contribution in [1.29, 1.82) is 0 Å². The summed E-state index contributed by atoms with van der Waals surface area (Å²) in [5.41, 5.74) is 41.9. The molecule has 34 nitrogen and oxygen atoms in total. The number of nitrogens with zero attached hydrogens (tertiary/aromatic N) is 7. The number of ketones is 1. The Balaban J connectivity index is 1.41. The Kier molecular flexibility index (Phi) is 49.4. The van der Waals surface area contributed by atoms with E-state index in [1.165, 1.54) is 0 Å². The van der Waals surface area contributed by atoms with E-state index < -0.39 is 171 Å². The van der Waals surface area contributed by atoms with Gasteiger partial charge in [-0.05, 0) is 193 Å². The average Bonchev–Trinajstić information content (AvgIpc) is 0.804. The number of Topliss-reactive ketones (excluding diaryl/α,β-unsaturated/α-hetero) is 1. The predicted molar refractivity (Wildman–Crippen MR) is 528 cm³/mol. The number of aryl methyl sites for hydroxylation is 4. The lowest BCUT2D eigenvalue weighted by atomic mass is 10.1. The van der Waals surface area contributed by atoms with Crippen LogP contribution in [0.25, 0.3) is 0 Å². The third-order valence-corrected chi connectivity index (χ3v) is 23.4. The third kappa shape index (κ3) is 38.4. The molecule has 138 heavy (non-hydrogen) atoms. The molecule has 0 saturated carbocycles. The van der Waals surface area contributed by atoms with E-state index in [9.17, 15) is 19.2 Å². The van der Waals surface area contributed by atoms with E-state index in [-0.39, 0.29) is 179 Å². The molecule has 0 radical (unpaired) electrons. The van der Waals surface area contributed by atoms with Crippen LogP contribution < -0.4 is 66.3 Å². The Morgan fingerprint density at radius 2 is 0.522 bits per heavy atom. The highest BCUT2D eigenvalue weighted by Crippen LogP contribution is 2.25. The van der Waals surface area contributed by atoms with Crippen LogP contribution >= 0.6 is 0 Å². The molecule has 18 N–H and O–H groups in total. The molecule has 19 amide bonds. The molecule has 7 atom stereocenters. The fourth-order valence-electron chi connectivity index (χ4n) is 15.9. The van der Waals surface area contributed by atoms with Crippen LogP contribution in [-0.4, -0.2) is 206 Å². The van der Waals surface area contributed by atoms with E-state index in [0.29, 0.717) is 39.8 Å². The van der Waals surface area contributed by atoms with Crippen molar-refractivity contribution in [3.8, 4) is 0 Å². The number of amides is 19. The van der Waals surface area contributed by atoms with Crippen LogP contribution in [0.2, 0.25) is 0 Å². The van der Waals surface area contributed by atoms with Crippen molar-refractivity contribution >= 4 is 89.1 Å². The van der Waals surface area contributed by atoms with Gasteiger partial charge < -0.3 is 65.9 Å². The van der Waals surface area contributed by atoms with Crippen LogP contribution in [-0.2, 0) is 92.9 Å². The Morgan fingerprint density at radius 3 is 0.783 bits per heavy atom. The van der Waals surface area contributed by atoms with E-state index in [2.05, 4.69) is 31.9 Å². The number of benzene rings is 7. The van der Waals surface area contributed by atoms with Gasteiger partial charge in [-0.15, -0.1) is 0 Å². The molecule has 744 valence electrons. The highest BCUT2D eigenvalue weighted by molar-refractivity contribution is 6.35. The van der Waals surface area contributed by atoms with E-state index in [0.717, 1.165) is 46.8 Å². The van der Waals surface area contributed by atoms with Gasteiger partial charge in [0.2, 0.25) is 53.0 Å². The lowest BCUT2D eigenvalue weighted by Gasteiger charge is -2.39. The third-order valence-electron chi connectivity index (χ3n) is 23.4. The molecule has 0 saturated heterocycles. The molecule has 0 aliphatic heterocycles. The zero-order valence-corrected chi connectivity index (χ0v) is 80.5. The van der Waals surface area contributed by atoms with Crippen LogP contribution in [0.4, 0.5) is 24.0 Å². The minimum absolute atomic E-state index is 0.00124. The van der Waals surface area contributed by atoms with Gasteiger partial charge in [0.25, 0.3) is 5.91 Å². The number of rotatable bonds is 58. The fraction of sp³-hybridized carbons (Fsp3) is 0.452. The first-order valence-corrected chi connectivity index (χ1v) is 48.1. The molecule has 0 aliphatic rings. The molecular weight excluding hydrogens is 1760 g/mol. The molecule has 0 unspecified atom stereocenters. The zero-order chi connectivity index (χ0) is 100. The van der Waals surface area contributed by atoms with E-state index >= 15 is 52.7 Å². The average molecular weight is 1900 g/mol. The molecule has 0 spiro atoms. The van der Waals surface area contributed by atoms with Crippen LogP contribution in [0.3, 0.4) is 0 Å². The number of urea groups is 5. The van der Waals surface area contributed by atoms with Gasteiger partial charge in [0.15, 0.2) is 0 Å². The quantitative estimate of drug-likeness (QED) is 0.00957. The number of nitrogens with two attached hydrogens (primary N) is 6. The number of nitrogens with one attached hydrogen (secondary N) is 6. The highest BCUT2D eigenvalue weighted by Gasteiger charge is 2.44. The summed E-state index contributed by atoms with van der Waals surface area (Å²) in [6.45, 7) is 7.44. The first kappa shape index (κ1) is 112. The van der Waals surface area contributed by atoms with Gasteiger partial charge in [-0.1, -0.05) is 240 Å². The van der Waals surface area contributed by atoms with Crippen molar-refractivity contribution in [2.45, 2.75) is 251 Å². The fourth-order valence-corrected chi connectivity index (χ4v) is 15.9. The van der Waals surface area contributed by atoms with E-state index in [1.54, 1.807) is 182 Å². The maximum atomic E-state index is 16.6. The van der Waals surface area contributed by atoms with Crippen LogP contribution in [0.15, 0.2) is 212 Å². The molecule has 0 heterocycles. The second kappa shape index (κ2) is 61.1. The number of imide groups is 6. The first-order chi connectivity index (χ1) is 66.4. The van der Waals surface area contributed by atoms with Crippen molar-refractivity contribution < 1.29 is 71.9 Å². The van der Waals surface area contributed by atoms with Crippen LogP contribution in [0.5, 0.6) is 0 Å². The Bertz CT molecular complexity index is 4980. The predicted octanol–water partition coefficient (Wildman–Crippen LogP) is 10.4. The van der Waals surface area contributed by atoms with Crippen molar-refractivity contribution in [3.63, 3.8) is 0 Å². The number of carbonyl (C=O) groups is 15. The van der Waals surface area contributed by atoms with Crippen LogP contribution in [0, 0.1) is 11.8 Å². The molecule has 7 aromatic rings. The van der Waals surface area contributed by atoms with Gasteiger partial charge in [-0.2, -0.15) is 0 Å². The molecule has 0 fully saturated rings. The second-order valence-electron chi connectivity index (χ2n) is 35.2. The first-order valence-electron chi connectivity index (χ1n) is 48.1. The Hall–Kier alpha value is -13.3. The summed E-state index contributed by atoms with van der Waals surface area (Å²) in [5.74, 6) is -8.98. The van der Waals surface area contributed by atoms with Gasteiger partial charge in [0.05, 0.1) is 18.9 Å². The van der Waals surface area contributed by atoms with Gasteiger partial charge in [-0.3, -0.25) is 58.2 Å². The Labute approximate surface area is 810 Å². The standard InChI is InChI=1S/C104H143N19O15/c1-74(2)53-59-92(126)118(84(109)69-81-43-21-10-22-44-81)98(132)72-111-90(70-82-45-23-11-24-46-82)123(93(127)60-54-75(3)4)103(137)115-89(52-30-34-68-108)121(96(130)63-57-79-39-17-8-18-40-79)101(135)113-87(50-28-32-66-106)119(94(128)61-55-77-35-13-6-14-36-77)100(134)112-86(49-27-31-65-105)120(95(129)62-56-78-37-15-7-16-38-78)102(136)114-88(51-29-33-67-107)122(97(131)64-58-80-41-19-9-20-42-80)104(138)116-91(71-83-47-25-12-26-48-83)117(73-85(110)125)99(133)76(5)124/h6-26,35-48,74-75,84,86-91,111H,27-34,49-73,105-109H2,1-5H3,(H2,110,125)(H,112,134)(H,113,135)(H,114,136)(H,115,137)(H,116,138)/t84-,86-,87-,88-,89-,90-,91+/m1/s1. The number of carbonyl (C=O) groups excluding carboxylic acids is 15. The summed E-state index contributed by atoms with van der Waals surface area (Å²) in [4.78, 5) is 235. The zero-order valence-electron chi connectivity index (χ0n) is 80.5. The molecule has 0 bridgehead atoms. The summed E-state index contributed by atoms with van der Waals surface area (Å²) in [5, 5.41) is 17.4. The van der Waals surface area contributed by atoms with Gasteiger partial charge in [-0.25, -0.2) is 48.5 Å². The van der Waals surface area contributed by atoms with E-state index in [4.69, 9.17) is 34.4 Å². The number of primary amides is 1. The number of hydrogen-bond acceptors (Lipinski definition) is 21. The summed E-state index contributed by atoms with van der Waals surface area (Å²) in [7, 11) is 0. The topological polar surface area (TPSA) is 507 Å². The maximum absolute atomic E-state index is 16.6. The smallest absolute Gasteiger partial charge is 0.327 e. The number of hydrogen-bond donors (Lipinski definition) is 12. The van der Waals surface area contributed by atoms with Gasteiger partial charge >= 0.3 is 30.2 Å². The van der Waals surface area contributed by atoms with Gasteiger partial charge in [0, 0.05) is 64.7 Å². The molecule has 7 rings (SSSR count). The van der Waals surface area contributed by atoms with Gasteiger partial charge in [0.1, 0.15) is 37.4 Å². The minimum atomic E-state index is -1.79. The monoisotopic (exact) mass is 1900 g/mol. The largest absolute Gasteiger partial charge is 0.368 e. The molecule has 7 aromatic carbocycles. The normalized spacial score (nSPS) is 12.6. The van der Waals surface area contributed by atoms with Crippen molar-refractivity contribution in [2.24, 2.45) is 46.2 Å². The molecule has 34 heteroatoms. The second-order valence-corrected chi connectivity index (χ2v) is 35.2. The maximum Gasteiger partial charge on any atom is 0.327 e. The highest BCUT2D eigenvalue weighted by atomic mass is 16.2. The number of unbranched alkanes of at least 4 members (excludes halogenated alkanes) is 4. The van der Waals surface area contributed by atoms with Crippen molar-refractivity contribution in [3.05, 3.63) is 251 Å². The molecular formula is C104H143N19O15. The van der Waals surface area contributed by atoms with Crippen LogP contribution in [0.1, 0.15) is 202 Å². The lowest BCUT2D eigenvalue weighted by molar-refractivity contribution is -0.148. The summed E-state index contributed by atoms with van der Waals surface area (Å²) in [6, 6.07) is 55.3. The SMILES string of the molecule is CC(=O)C(=O)N(CC(N)=O)[C@@H](Cc1ccccc1)NC(=O)N(C(=O)CCc1ccccc1)[C@H](CCCCN)NC(=O)N(C(=O)CCc1ccccc1)[C@H](CCCCN)NC(=O)N(C(=O)CCc1ccccc1)[C@H](CCCCN)NC(=O)N(C(=O)CCc1ccccc1)[C@H](CCCCN)NC(=O)N(C(=O)CCC(C)C)[C@H](Cc1ccccc1)NCC(=O)N(C(=O)CCC(C)C)[C@@H](N)Cc1ccccc1. The molecule has 0 aliphatic carbocycles. The summed E-state index contributed by atoms with van der Waals surface area (Å²) < 4.78 is 0. The lowest BCUT2D eigenvalue weighted by Crippen LogP contribution is -2.66. The van der Waals surface area contributed by atoms with Crippen molar-refractivity contribution in [2.75, 3.05) is 39.3 Å². The Morgan fingerprint density at radius 1 is 0.283 bits per heavy atom. The molecule has 0 aromatic heterocycles. The minimum Gasteiger partial charge on any atom is -0.368 e. The summed E-state index contributed by atoms with van der Waals surface area (Å²) >= 11 is 0. The van der Waals surface area contributed by atoms with E-state index in [1.807, 2.05) is 58.0 Å². The summed E-state index contributed by atoms with van der Waals surface area (Å²) in [6.07, 6.45) is -12.2. The van der Waals surface area contributed by atoms with Crippen molar-refractivity contribution in [1.82, 2.24) is 66.2 Å².